The van der Waals surface area contributed by atoms with E-state index >= 15 is 0 Å². The summed E-state index contributed by atoms with van der Waals surface area (Å²) in [6.45, 7) is 18.6. The molecule has 4 aliphatic carbocycles. The molecule has 34 heavy (non-hydrogen) atoms. The van der Waals surface area contributed by atoms with Crippen LogP contribution in [0.15, 0.2) is 12.2 Å². The molecule has 3 spiro atoms. The average Bonchev–Trinajstić information content (AvgIpc) is 3.65. The summed E-state index contributed by atoms with van der Waals surface area (Å²) < 4.78 is 13.8. The smallest absolute Gasteiger partial charge is 0.133 e. The van der Waals surface area contributed by atoms with Crippen LogP contribution in [0, 0.1) is 40.4 Å². The lowest BCUT2D eigenvalue weighted by Gasteiger charge is -2.57. The fourth-order valence-electron chi connectivity index (χ4n) is 10.9. The first-order valence-electron chi connectivity index (χ1n) is 14.4. The maximum atomic E-state index is 11.7. The summed E-state index contributed by atoms with van der Waals surface area (Å²) in [5.41, 5.74) is -0.223. The van der Waals surface area contributed by atoms with Gasteiger partial charge >= 0.3 is 0 Å². The summed E-state index contributed by atoms with van der Waals surface area (Å²) in [6, 6.07) is 0. The Labute approximate surface area is 206 Å². The number of fused-ring (bicyclic) bond motifs is 1. The average molecular weight is 473 g/mol. The summed E-state index contributed by atoms with van der Waals surface area (Å²) >= 11 is 0. The van der Waals surface area contributed by atoms with Gasteiger partial charge in [-0.2, -0.15) is 0 Å². The molecule has 2 saturated heterocycles. The molecule has 0 amide bonds. The van der Waals surface area contributed by atoms with E-state index in [-0.39, 0.29) is 40.2 Å². The Hall–Kier alpha value is -0.420. The van der Waals surface area contributed by atoms with Gasteiger partial charge in [-0.25, -0.2) is 0 Å². The molecule has 0 radical (unpaired) electrons. The third-order valence-electron chi connectivity index (χ3n) is 12.8. The zero-order valence-electron chi connectivity index (χ0n) is 22.4. The van der Waals surface area contributed by atoms with Gasteiger partial charge in [0, 0.05) is 10.8 Å². The maximum Gasteiger partial charge on any atom is 0.133 e. The van der Waals surface area contributed by atoms with E-state index in [1.807, 2.05) is 0 Å². The normalized spacial score (nSPS) is 56.6. The van der Waals surface area contributed by atoms with Crippen LogP contribution in [-0.2, 0) is 9.47 Å². The van der Waals surface area contributed by atoms with Gasteiger partial charge in [0.15, 0.2) is 0 Å². The minimum Gasteiger partial charge on any atom is -0.390 e. The van der Waals surface area contributed by atoms with Crippen molar-refractivity contribution in [2.24, 2.45) is 40.4 Å². The van der Waals surface area contributed by atoms with Gasteiger partial charge < -0.3 is 19.7 Å². The molecular formula is C30H48O4. The molecule has 4 nitrogen and oxygen atoms in total. The number of hydrogen-bond donors (Lipinski definition) is 2. The molecule has 4 heteroatoms. The number of ether oxygens (including phenoxy) is 2. The Kier molecular flexibility index (Phi) is 5.01. The molecule has 2 heterocycles. The van der Waals surface area contributed by atoms with Gasteiger partial charge in [0.25, 0.3) is 0 Å². The fourth-order valence-corrected chi connectivity index (χ4v) is 10.9. The van der Waals surface area contributed by atoms with Crippen molar-refractivity contribution < 1.29 is 19.7 Å². The Morgan fingerprint density at radius 2 is 1.76 bits per heavy atom. The minimum atomic E-state index is -0.459. The van der Waals surface area contributed by atoms with E-state index in [0.29, 0.717) is 11.8 Å². The molecule has 0 aromatic heterocycles. The van der Waals surface area contributed by atoms with E-state index in [0.717, 1.165) is 55.9 Å². The van der Waals surface area contributed by atoms with E-state index in [1.54, 1.807) is 0 Å². The number of epoxide rings is 2. The topological polar surface area (TPSA) is 65.5 Å². The van der Waals surface area contributed by atoms with Gasteiger partial charge in [0.1, 0.15) is 16.8 Å². The molecule has 6 fully saturated rings. The minimum absolute atomic E-state index is 0.0373. The van der Waals surface area contributed by atoms with Crippen LogP contribution in [0.5, 0.6) is 0 Å². The quantitative estimate of drug-likeness (QED) is 0.387. The third kappa shape index (κ3) is 2.42. The first-order chi connectivity index (χ1) is 16.0. The molecule has 4 saturated carbocycles. The van der Waals surface area contributed by atoms with Crippen LogP contribution in [0.2, 0.25) is 0 Å². The Balaban J connectivity index is 1.31. The molecule has 6 aliphatic rings. The largest absolute Gasteiger partial charge is 0.390 e. The van der Waals surface area contributed by atoms with Crippen molar-refractivity contribution >= 4 is 0 Å². The molecule has 6 rings (SSSR count). The number of aliphatic hydroxyl groups excluding tert-OH is 2. The molecule has 2 N–H and O–H groups in total. The van der Waals surface area contributed by atoms with Crippen molar-refractivity contribution in [2.75, 3.05) is 0 Å². The van der Waals surface area contributed by atoms with Crippen LogP contribution in [0.1, 0.15) is 99.3 Å². The third-order valence-corrected chi connectivity index (χ3v) is 12.8. The van der Waals surface area contributed by atoms with Crippen LogP contribution in [0.3, 0.4) is 0 Å². The molecule has 192 valence electrons. The Morgan fingerprint density at radius 1 is 1.03 bits per heavy atom. The fraction of sp³-hybridized carbons (Fsp3) is 0.933. The number of rotatable bonds is 6. The van der Waals surface area contributed by atoms with Crippen molar-refractivity contribution in [1.82, 2.24) is 0 Å². The van der Waals surface area contributed by atoms with Gasteiger partial charge in [0.2, 0.25) is 0 Å². The van der Waals surface area contributed by atoms with Crippen molar-refractivity contribution in [1.29, 1.82) is 0 Å². The van der Waals surface area contributed by atoms with Gasteiger partial charge in [0.05, 0.1) is 18.3 Å². The SMILES string of the molecule is C=C1[C@@H](O)CC[C@@]2(C)[C@H]1CC[C@]13O[C@]14[C@@H](O)C[C@H]([C@H](C)CC[C@H](CC)C(C)C)[C@@]4(C)C[C@H]1O[C@]132. The van der Waals surface area contributed by atoms with E-state index < -0.39 is 11.7 Å². The van der Waals surface area contributed by atoms with Crippen LogP contribution in [-0.4, -0.2) is 45.3 Å². The molecule has 2 aliphatic heterocycles. The summed E-state index contributed by atoms with van der Waals surface area (Å²) in [6.07, 6.45) is 8.69. The van der Waals surface area contributed by atoms with Crippen molar-refractivity contribution in [3.05, 3.63) is 12.2 Å². The monoisotopic (exact) mass is 472 g/mol. The standard InChI is InChI=1S/C30H48O4/c1-8-20(17(2)3)10-9-18(4)22-15-24(32)29-27(22,7)16-25-30(33-25)26(6)13-12-23(31)19(5)21(26)11-14-28(29,30)34-29/h17-18,20-25,31-32H,5,8-16H2,1-4,6-7H3/t18-,20+,21+,22-,23+,24+,25-,26+,27-,28+,29+,30+/m1/s1. The first kappa shape index (κ1) is 23.9. The molecule has 0 aromatic rings. The van der Waals surface area contributed by atoms with Crippen molar-refractivity contribution in [3.8, 4) is 0 Å². The van der Waals surface area contributed by atoms with E-state index in [1.165, 1.54) is 19.3 Å². The summed E-state index contributed by atoms with van der Waals surface area (Å²) in [5.74, 6) is 2.86. The van der Waals surface area contributed by atoms with Gasteiger partial charge in [-0.1, -0.05) is 61.0 Å². The highest BCUT2D eigenvalue weighted by atomic mass is 16.7. The van der Waals surface area contributed by atoms with Gasteiger partial charge in [-0.3, -0.25) is 0 Å². The molecule has 0 aromatic carbocycles. The highest BCUT2D eigenvalue weighted by Crippen LogP contribution is 2.88. The second-order valence-electron chi connectivity index (χ2n) is 14.1. The van der Waals surface area contributed by atoms with Crippen LogP contribution in [0.25, 0.3) is 0 Å². The van der Waals surface area contributed by atoms with Crippen LogP contribution >= 0.6 is 0 Å². The summed E-state index contributed by atoms with van der Waals surface area (Å²) in [7, 11) is 0. The molecule has 0 unspecified atom stereocenters. The lowest BCUT2D eigenvalue weighted by molar-refractivity contribution is -0.0740. The zero-order chi connectivity index (χ0) is 24.5. The predicted octanol–water partition coefficient (Wildman–Crippen LogP) is 5.65. The molecule has 0 bridgehead atoms. The number of aliphatic hydroxyl groups is 2. The number of hydrogen-bond acceptors (Lipinski definition) is 4. The van der Waals surface area contributed by atoms with Crippen molar-refractivity contribution in [2.45, 2.75) is 134 Å². The zero-order valence-corrected chi connectivity index (χ0v) is 22.4. The maximum absolute atomic E-state index is 11.7. The van der Waals surface area contributed by atoms with E-state index in [2.05, 4.69) is 48.1 Å². The molecular weight excluding hydrogens is 424 g/mol. The van der Waals surface area contributed by atoms with Gasteiger partial charge in [-0.05, 0) is 80.1 Å². The lowest BCUT2D eigenvalue weighted by Crippen LogP contribution is -2.67. The Morgan fingerprint density at radius 3 is 2.44 bits per heavy atom. The second-order valence-corrected chi connectivity index (χ2v) is 14.1. The summed E-state index contributed by atoms with van der Waals surface area (Å²) in [4.78, 5) is 0. The van der Waals surface area contributed by atoms with E-state index in [9.17, 15) is 10.2 Å². The summed E-state index contributed by atoms with van der Waals surface area (Å²) in [5, 5.41) is 22.3. The van der Waals surface area contributed by atoms with Gasteiger partial charge in [-0.15, -0.1) is 0 Å². The predicted molar refractivity (Wildman–Crippen MR) is 133 cm³/mol. The van der Waals surface area contributed by atoms with E-state index in [4.69, 9.17) is 9.47 Å². The highest BCUT2D eigenvalue weighted by Gasteiger charge is 3.00. The molecule has 12 atom stereocenters. The first-order valence-corrected chi connectivity index (χ1v) is 14.4. The van der Waals surface area contributed by atoms with Crippen molar-refractivity contribution in [3.63, 3.8) is 0 Å². The lowest BCUT2D eigenvalue weighted by atomic mass is 9.43. The highest BCUT2D eigenvalue weighted by molar-refractivity contribution is 5.49. The van der Waals surface area contributed by atoms with Crippen LogP contribution < -0.4 is 0 Å². The second kappa shape index (κ2) is 7.11. The Bertz CT molecular complexity index is 885. The van der Waals surface area contributed by atoms with Crippen LogP contribution in [0.4, 0.5) is 0 Å².